The number of aromatic nitrogens is 3. The first-order valence-electron chi connectivity index (χ1n) is 7.13. The summed E-state index contributed by atoms with van der Waals surface area (Å²) in [5, 5.41) is 0.0616. The molecule has 2 heterocycles. The standard InChI is InChI=1S/C13H20ClN5O2/c1-3-8-21-13-16-11(14)15-12(17-13)18(2)9-10(20)19-6-4-5-7-19/h3-9H2,1-2H3. The number of carbonyl (C=O) groups is 1. The Kier molecular flexibility index (Phi) is 5.55. The summed E-state index contributed by atoms with van der Waals surface area (Å²) < 4.78 is 5.36. The lowest BCUT2D eigenvalue weighted by atomic mass is 10.4. The fraction of sp³-hybridized carbons (Fsp3) is 0.692. The smallest absolute Gasteiger partial charge is 0.322 e. The Balaban J connectivity index is 2.01. The Morgan fingerprint density at radius 1 is 1.33 bits per heavy atom. The topological polar surface area (TPSA) is 71.5 Å². The molecule has 0 saturated carbocycles. The maximum Gasteiger partial charge on any atom is 0.322 e. The van der Waals surface area contributed by atoms with Gasteiger partial charge in [-0.1, -0.05) is 6.92 Å². The third kappa shape index (κ3) is 4.42. The number of hydrogen-bond acceptors (Lipinski definition) is 6. The van der Waals surface area contributed by atoms with Crippen molar-refractivity contribution in [2.45, 2.75) is 26.2 Å². The molecule has 7 nitrogen and oxygen atoms in total. The molecule has 2 rings (SSSR count). The van der Waals surface area contributed by atoms with E-state index in [9.17, 15) is 4.79 Å². The minimum atomic E-state index is 0.0616. The number of anilines is 1. The van der Waals surface area contributed by atoms with Gasteiger partial charge in [0.25, 0.3) is 0 Å². The molecule has 0 aromatic carbocycles. The van der Waals surface area contributed by atoms with E-state index in [1.165, 1.54) is 0 Å². The van der Waals surface area contributed by atoms with Crippen LogP contribution in [0.15, 0.2) is 0 Å². The zero-order valence-electron chi connectivity index (χ0n) is 12.4. The lowest BCUT2D eigenvalue weighted by molar-refractivity contribution is -0.128. The predicted molar refractivity (Wildman–Crippen MR) is 79.7 cm³/mol. The number of ether oxygens (including phenoxy) is 1. The fourth-order valence-corrected chi connectivity index (χ4v) is 2.24. The van der Waals surface area contributed by atoms with Gasteiger partial charge in [-0.3, -0.25) is 4.79 Å². The van der Waals surface area contributed by atoms with Gasteiger partial charge in [-0.2, -0.15) is 15.0 Å². The van der Waals surface area contributed by atoms with E-state index in [-0.39, 0.29) is 23.7 Å². The molecule has 1 aliphatic rings. The summed E-state index contributed by atoms with van der Waals surface area (Å²) in [4.78, 5) is 27.8. The maximum atomic E-state index is 12.1. The average molecular weight is 314 g/mol. The Labute approximate surface area is 129 Å². The van der Waals surface area contributed by atoms with Crippen molar-refractivity contribution in [2.24, 2.45) is 0 Å². The molecule has 1 aromatic heterocycles. The second-order valence-electron chi connectivity index (χ2n) is 4.98. The van der Waals surface area contributed by atoms with Crippen molar-refractivity contribution in [3.05, 3.63) is 5.28 Å². The molecule has 0 unspecified atom stereocenters. The highest BCUT2D eigenvalue weighted by Crippen LogP contribution is 2.15. The SMILES string of the molecule is CCCOc1nc(Cl)nc(N(C)CC(=O)N2CCCC2)n1. The van der Waals surface area contributed by atoms with Crippen LogP contribution in [-0.2, 0) is 4.79 Å². The van der Waals surface area contributed by atoms with E-state index in [0.29, 0.717) is 12.6 Å². The van der Waals surface area contributed by atoms with E-state index in [4.69, 9.17) is 16.3 Å². The summed E-state index contributed by atoms with van der Waals surface area (Å²) >= 11 is 5.87. The van der Waals surface area contributed by atoms with Gasteiger partial charge in [0.05, 0.1) is 13.2 Å². The van der Waals surface area contributed by atoms with Crippen molar-refractivity contribution in [3.63, 3.8) is 0 Å². The summed E-state index contributed by atoms with van der Waals surface area (Å²) in [6.45, 7) is 4.37. The molecule has 1 aromatic rings. The summed E-state index contributed by atoms with van der Waals surface area (Å²) in [7, 11) is 1.75. The Morgan fingerprint density at radius 3 is 2.71 bits per heavy atom. The van der Waals surface area contributed by atoms with E-state index < -0.39 is 0 Å². The second-order valence-corrected chi connectivity index (χ2v) is 5.32. The molecule has 1 fully saturated rings. The highest BCUT2D eigenvalue weighted by atomic mass is 35.5. The summed E-state index contributed by atoms with van der Waals surface area (Å²) in [5.41, 5.74) is 0. The molecule has 8 heteroatoms. The first kappa shape index (κ1) is 15.8. The van der Waals surface area contributed by atoms with E-state index in [0.717, 1.165) is 32.4 Å². The molecule has 1 amide bonds. The van der Waals surface area contributed by atoms with Crippen LogP contribution in [-0.4, -0.2) is 59.0 Å². The number of hydrogen-bond donors (Lipinski definition) is 0. The Hall–Kier alpha value is -1.63. The van der Waals surface area contributed by atoms with E-state index >= 15 is 0 Å². The highest BCUT2D eigenvalue weighted by molar-refractivity contribution is 6.28. The van der Waals surface area contributed by atoms with E-state index in [2.05, 4.69) is 15.0 Å². The molecule has 116 valence electrons. The van der Waals surface area contributed by atoms with Crippen molar-refractivity contribution in [1.29, 1.82) is 0 Å². The van der Waals surface area contributed by atoms with E-state index in [1.54, 1.807) is 11.9 Å². The maximum absolute atomic E-state index is 12.1. The number of likely N-dealkylation sites (tertiary alicyclic amines) is 1. The molecule has 1 aliphatic heterocycles. The van der Waals surface area contributed by atoms with Crippen LogP contribution < -0.4 is 9.64 Å². The minimum Gasteiger partial charge on any atom is -0.463 e. The summed E-state index contributed by atoms with van der Waals surface area (Å²) in [6.07, 6.45) is 2.99. The number of halogens is 1. The van der Waals surface area contributed by atoms with Crippen LogP contribution in [0.1, 0.15) is 26.2 Å². The predicted octanol–water partition coefficient (Wildman–Crippen LogP) is 1.37. The van der Waals surface area contributed by atoms with Crippen molar-refractivity contribution >= 4 is 23.5 Å². The summed E-state index contributed by atoms with van der Waals surface area (Å²) in [5.74, 6) is 0.413. The fourth-order valence-electron chi connectivity index (χ4n) is 2.09. The number of rotatable bonds is 6. The van der Waals surface area contributed by atoms with Crippen molar-refractivity contribution in [1.82, 2.24) is 19.9 Å². The van der Waals surface area contributed by atoms with Gasteiger partial charge in [0.15, 0.2) is 0 Å². The van der Waals surface area contributed by atoms with Crippen molar-refractivity contribution in [3.8, 4) is 6.01 Å². The number of carbonyl (C=O) groups excluding carboxylic acids is 1. The lowest BCUT2D eigenvalue weighted by Crippen LogP contribution is -2.37. The Bertz CT molecular complexity index is 493. The van der Waals surface area contributed by atoms with Gasteiger partial charge in [-0.15, -0.1) is 0 Å². The minimum absolute atomic E-state index is 0.0616. The molecule has 0 radical (unpaired) electrons. The van der Waals surface area contributed by atoms with Crippen LogP contribution in [0.3, 0.4) is 0 Å². The zero-order chi connectivity index (χ0) is 15.2. The third-order valence-electron chi connectivity index (χ3n) is 3.18. The van der Waals surface area contributed by atoms with Crippen molar-refractivity contribution in [2.75, 3.05) is 38.2 Å². The van der Waals surface area contributed by atoms with Crippen LogP contribution >= 0.6 is 11.6 Å². The number of amides is 1. The quantitative estimate of drug-likeness (QED) is 0.790. The van der Waals surface area contributed by atoms with E-state index in [1.807, 2.05) is 11.8 Å². The van der Waals surface area contributed by atoms with Gasteiger partial charge < -0.3 is 14.5 Å². The van der Waals surface area contributed by atoms with Gasteiger partial charge in [0.2, 0.25) is 17.1 Å². The molecule has 0 aliphatic carbocycles. The van der Waals surface area contributed by atoms with Crippen LogP contribution in [0, 0.1) is 0 Å². The third-order valence-corrected chi connectivity index (χ3v) is 3.35. The van der Waals surface area contributed by atoms with Crippen LogP contribution in [0.4, 0.5) is 5.95 Å². The van der Waals surface area contributed by atoms with Gasteiger partial charge in [-0.05, 0) is 30.9 Å². The average Bonchev–Trinajstić information content (AvgIpc) is 2.98. The monoisotopic (exact) mass is 313 g/mol. The lowest BCUT2D eigenvalue weighted by Gasteiger charge is -2.21. The first-order valence-corrected chi connectivity index (χ1v) is 7.51. The van der Waals surface area contributed by atoms with Gasteiger partial charge in [-0.25, -0.2) is 0 Å². The first-order chi connectivity index (χ1) is 10.1. The molecule has 21 heavy (non-hydrogen) atoms. The summed E-state index contributed by atoms with van der Waals surface area (Å²) in [6, 6.07) is 0.187. The van der Waals surface area contributed by atoms with Crippen LogP contribution in [0.2, 0.25) is 5.28 Å². The molecule has 0 bridgehead atoms. The molecule has 0 spiro atoms. The normalized spacial score (nSPS) is 14.3. The second kappa shape index (κ2) is 7.40. The molecule has 0 atom stereocenters. The van der Waals surface area contributed by atoms with Gasteiger partial charge in [0, 0.05) is 20.1 Å². The van der Waals surface area contributed by atoms with Gasteiger partial charge in [0.1, 0.15) is 0 Å². The highest BCUT2D eigenvalue weighted by Gasteiger charge is 2.20. The largest absolute Gasteiger partial charge is 0.463 e. The van der Waals surface area contributed by atoms with Gasteiger partial charge >= 0.3 is 6.01 Å². The molecule has 0 N–H and O–H groups in total. The molecular weight excluding hydrogens is 294 g/mol. The molecular formula is C13H20ClN5O2. The van der Waals surface area contributed by atoms with Crippen LogP contribution in [0.25, 0.3) is 0 Å². The number of likely N-dealkylation sites (N-methyl/N-ethyl adjacent to an activating group) is 1. The van der Waals surface area contributed by atoms with Crippen LogP contribution in [0.5, 0.6) is 6.01 Å². The number of nitrogens with zero attached hydrogens (tertiary/aromatic N) is 5. The van der Waals surface area contributed by atoms with Crippen molar-refractivity contribution < 1.29 is 9.53 Å². The Morgan fingerprint density at radius 2 is 2.05 bits per heavy atom. The zero-order valence-corrected chi connectivity index (χ0v) is 13.1. The molecule has 1 saturated heterocycles.